The van der Waals surface area contributed by atoms with Crippen molar-refractivity contribution in [3.8, 4) is 22.8 Å². The number of nitrogens with one attached hydrogen (secondary N) is 2. The lowest BCUT2D eigenvalue weighted by Crippen LogP contribution is -2.28. The zero-order chi connectivity index (χ0) is 20.0. The average molecular weight is 431 g/mol. The Balaban J connectivity index is 1.59. The van der Waals surface area contributed by atoms with E-state index in [9.17, 15) is 4.79 Å². The molecule has 1 aliphatic rings. The quantitative estimate of drug-likeness (QED) is 0.515. The van der Waals surface area contributed by atoms with E-state index in [1.54, 1.807) is 35.0 Å². The standard InChI is InChI=1S/C19H16Cl2N6O2/c20-12-5-11(6-13(21)7-12)19-25-17(26-29-19)14-9-23-27-15(8-16(28)24-18(14)27)10-1-3-22-4-2-10/h5-10,22H,1-4H2,(H,24,28). The van der Waals surface area contributed by atoms with Crippen molar-refractivity contribution in [2.75, 3.05) is 13.1 Å². The largest absolute Gasteiger partial charge is 0.334 e. The molecule has 0 saturated carbocycles. The maximum Gasteiger partial charge on any atom is 0.258 e. The van der Waals surface area contributed by atoms with Gasteiger partial charge in [0.1, 0.15) is 5.65 Å². The lowest BCUT2D eigenvalue weighted by molar-refractivity contribution is 0.432. The molecule has 148 valence electrons. The normalized spacial score (nSPS) is 15.2. The minimum Gasteiger partial charge on any atom is -0.334 e. The third-order valence-electron chi connectivity index (χ3n) is 5.07. The molecule has 4 heterocycles. The van der Waals surface area contributed by atoms with Gasteiger partial charge in [-0.15, -0.1) is 0 Å². The molecule has 0 radical (unpaired) electrons. The molecule has 29 heavy (non-hydrogen) atoms. The highest BCUT2D eigenvalue weighted by Crippen LogP contribution is 2.30. The fraction of sp³-hybridized carbons (Fsp3) is 0.263. The van der Waals surface area contributed by atoms with E-state index in [-0.39, 0.29) is 17.4 Å². The van der Waals surface area contributed by atoms with Crippen LogP contribution >= 0.6 is 23.2 Å². The Bertz CT molecular complexity index is 1240. The second kappa shape index (κ2) is 7.29. The molecular weight excluding hydrogens is 415 g/mol. The van der Waals surface area contributed by atoms with Gasteiger partial charge in [-0.25, -0.2) is 4.52 Å². The Kier molecular flexibility index (Phi) is 4.61. The highest BCUT2D eigenvalue weighted by molar-refractivity contribution is 6.35. The molecular formula is C19H16Cl2N6O2. The van der Waals surface area contributed by atoms with Crippen molar-refractivity contribution < 1.29 is 4.52 Å². The number of fused-ring (bicyclic) bond motifs is 1. The molecule has 0 amide bonds. The first-order valence-corrected chi connectivity index (χ1v) is 9.96. The molecule has 0 bridgehead atoms. The topological polar surface area (TPSA) is 101 Å². The van der Waals surface area contributed by atoms with Gasteiger partial charge in [-0.2, -0.15) is 10.1 Å². The molecule has 3 aromatic heterocycles. The summed E-state index contributed by atoms with van der Waals surface area (Å²) in [4.78, 5) is 19.6. The van der Waals surface area contributed by atoms with Crippen LogP contribution in [0.25, 0.3) is 28.5 Å². The van der Waals surface area contributed by atoms with Gasteiger partial charge in [0, 0.05) is 27.6 Å². The Hall–Kier alpha value is -2.68. The summed E-state index contributed by atoms with van der Waals surface area (Å²) in [5.74, 6) is 0.869. The minimum absolute atomic E-state index is 0.182. The fourth-order valence-corrected chi connectivity index (χ4v) is 4.24. The van der Waals surface area contributed by atoms with Crippen molar-refractivity contribution in [2.24, 2.45) is 0 Å². The van der Waals surface area contributed by atoms with Crippen LogP contribution in [0.3, 0.4) is 0 Å². The van der Waals surface area contributed by atoms with E-state index in [2.05, 4.69) is 25.5 Å². The van der Waals surface area contributed by atoms with E-state index < -0.39 is 0 Å². The van der Waals surface area contributed by atoms with Gasteiger partial charge < -0.3 is 14.8 Å². The molecule has 10 heteroatoms. The second-order valence-electron chi connectivity index (χ2n) is 6.98. The number of halogens is 2. The van der Waals surface area contributed by atoms with Crippen LogP contribution in [-0.2, 0) is 0 Å². The number of rotatable bonds is 3. The summed E-state index contributed by atoms with van der Waals surface area (Å²) in [6.07, 6.45) is 3.54. The molecule has 1 saturated heterocycles. The molecule has 1 fully saturated rings. The molecule has 1 aromatic carbocycles. The molecule has 5 rings (SSSR count). The Morgan fingerprint density at radius 1 is 1.10 bits per heavy atom. The van der Waals surface area contributed by atoms with Crippen molar-refractivity contribution >= 4 is 28.8 Å². The summed E-state index contributed by atoms with van der Waals surface area (Å²) < 4.78 is 7.16. The van der Waals surface area contributed by atoms with Crippen LogP contribution < -0.4 is 10.9 Å². The van der Waals surface area contributed by atoms with Crippen LogP contribution in [0.1, 0.15) is 24.5 Å². The molecule has 1 aliphatic heterocycles. The number of nitrogens with zero attached hydrogens (tertiary/aromatic N) is 4. The molecule has 8 nitrogen and oxygen atoms in total. The minimum atomic E-state index is -0.182. The van der Waals surface area contributed by atoms with Crippen LogP contribution in [0, 0.1) is 0 Å². The SMILES string of the molecule is O=c1cc(C2CCNCC2)n2ncc(-c3noc(-c4cc(Cl)cc(Cl)c4)n3)c2[nH]1. The first-order valence-electron chi connectivity index (χ1n) is 9.21. The summed E-state index contributed by atoms with van der Waals surface area (Å²) in [5, 5.41) is 12.8. The summed E-state index contributed by atoms with van der Waals surface area (Å²) in [5.41, 5.74) is 2.45. The molecule has 0 atom stereocenters. The van der Waals surface area contributed by atoms with Gasteiger partial charge in [-0.05, 0) is 44.1 Å². The second-order valence-corrected chi connectivity index (χ2v) is 7.86. The van der Waals surface area contributed by atoms with Gasteiger partial charge in [0.2, 0.25) is 5.82 Å². The van der Waals surface area contributed by atoms with Crippen LogP contribution in [0.4, 0.5) is 0 Å². The van der Waals surface area contributed by atoms with Gasteiger partial charge in [0.05, 0.1) is 17.5 Å². The van der Waals surface area contributed by atoms with E-state index >= 15 is 0 Å². The number of aromatic nitrogens is 5. The number of aromatic amines is 1. The predicted octanol–water partition coefficient (Wildman–Crippen LogP) is 3.51. The van der Waals surface area contributed by atoms with E-state index in [4.69, 9.17) is 27.7 Å². The van der Waals surface area contributed by atoms with Crippen molar-refractivity contribution in [3.05, 3.63) is 56.6 Å². The average Bonchev–Trinajstić information content (AvgIpc) is 3.34. The zero-order valence-corrected chi connectivity index (χ0v) is 16.7. The lowest BCUT2D eigenvalue weighted by Gasteiger charge is -2.23. The highest BCUT2D eigenvalue weighted by atomic mass is 35.5. The fourth-order valence-electron chi connectivity index (χ4n) is 3.71. The zero-order valence-electron chi connectivity index (χ0n) is 15.2. The summed E-state index contributed by atoms with van der Waals surface area (Å²) in [6, 6.07) is 6.63. The summed E-state index contributed by atoms with van der Waals surface area (Å²) in [6.45, 7) is 1.84. The van der Waals surface area contributed by atoms with Crippen molar-refractivity contribution in [2.45, 2.75) is 18.8 Å². The van der Waals surface area contributed by atoms with Crippen LogP contribution in [-0.4, -0.2) is 37.8 Å². The van der Waals surface area contributed by atoms with E-state index in [1.165, 1.54) is 0 Å². The molecule has 2 N–H and O–H groups in total. The number of piperidine rings is 1. The predicted molar refractivity (Wildman–Crippen MR) is 109 cm³/mol. The molecule has 0 unspecified atom stereocenters. The maximum absolute atomic E-state index is 12.3. The van der Waals surface area contributed by atoms with Gasteiger partial charge >= 0.3 is 0 Å². The van der Waals surface area contributed by atoms with Gasteiger partial charge in [-0.3, -0.25) is 4.79 Å². The number of hydrogen-bond donors (Lipinski definition) is 2. The first kappa shape index (κ1) is 18.4. The molecule has 4 aromatic rings. The van der Waals surface area contributed by atoms with Crippen LogP contribution in [0.2, 0.25) is 10.0 Å². The smallest absolute Gasteiger partial charge is 0.258 e. The molecule has 0 aliphatic carbocycles. The Labute approximate surface area is 174 Å². The Morgan fingerprint density at radius 3 is 2.62 bits per heavy atom. The summed E-state index contributed by atoms with van der Waals surface area (Å²) in [7, 11) is 0. The van der Waals surface area contributed by atoms with E-state index in [1.807, 2.05) is 0 Å². The highest BCUT2D eigenvalue weighted by Gasteiger charge is 2.22. The van der Waals surface area contributed by atoms with Crippen LogP contribution in [0.5, 0.6) is 0 Å². The van der Waals surface area contributed by atoms with Crippen molar-refractivity contribution in [1.29, 1.82) is 0 Å². The first-order chi connectivity index (χ1) is 14.1. The number of hydrogen-bond acceptors (Lipinski definition) is 6. The van der Waals surface area contributed by atoms with E-state index in [0.29, 0.717) is 32.6 Å². The monoisotopic (exact) mass is 430 g/mol. The molecule has 0 spiro atoms. The van der Waals surface area contributed by atoms with Gasteiger partial charge in [0.15, 0.2) is 0 Å². The number of benzene rings is 1. The van der Waals surface area contributed by atoms with E-state index in [0.717, 1.165) is 31.6 Å². The van der Waals surface area contributed by atoms with Crippen molar-refractivity contribution in [3.63, 3.8) is 0 Å². The lowest BCUT2D eigenvalue weighted by atomic mass is 9.94. The number of H-pyrrole nitrogens is 1. The maximum atomic E-state index is 12.3. The van der Waals surface area contributed by atoms with Crippen LogP contribution in [0.15, 0.2) is 39.8 Å². The summed E-state index contributed by atoms with van der Waals surface area (Å²) >= 11 is 12.1. The van der Waals surface area contributed by atoms with Gasteiger partial charge in [0.25, 0.3) is 11.4 Å². The van der Waals surface area contributed by atoms with Crippen molar-refractivity contribution in [1.82, 2.24) is 30.1 Å². The van der Waals surface area contributed by atoms with Gasteiger partial charge in [-0.1, -0.05) is 28.4 Å². The third-order valence-corrected chi connectivity index (χ3v) is 5.50. The Morgan fingerprint density at radius 2 is 1.86 bits per heavy atom. The third kappa shape index (κ3) is 3.43.